The van der Waals surface area contributed by atoms with Gasteiger partial charge in [0.25, 0.3) is 0 Å². The van der Waals surface area contributed by atoms with Crippen molar-refractivity contribution in [1.82, 2.24) is 0 Å². The van der Waals surface area contributed by atoms with Gasteiger partial charge in [0.2, 0.25) is 0 Å². The molecule has 0 bridgehead atoms. The second-order valence-corrected chi connectivity index (χ2v) is 19.8. The van der Waals surface area contributed by atoms with Gasteiger partial charge >= 0.3 is 139 Å². The summed E-state index contributed by atoms with van der Waals surface area (Å²) in [6.07, 6.45) is 11.7. The van der Waals surface area contributed by atoms with E-state index in [-0.39, 0.29) is 0 Å². The van der Waals surface area contributed by atoms with E-state index in [9.17, 15) is 0 Å². The van der Waals surface area contributed by atoms with Gasteiger partial charge in [0, 0.05) is 0 Å². The van der Waals surface area contributed by atoms with Gasteiger partial charge in [-0.15, -0.1) is 0 Å². The van der Waals surface area contributed by atoms with E-state index in [1.165, 1.54) is 68.3 Å². The summed E-state index contributed by atoms with van der Waals surface area (Å²) in [5, 5.41) is 0. The summed E-state index contributed by atoms with van der Waals surface area (Å²) >= 11 is -2.25. The molecule has 0 saturated carbocycles. The Morgan fingerprint density at radius 3 is 1.57 bits per heavy atom. The summed E-state index contributed by atoms with van der Waals surface area (Å²) < 4.78 is 5.92. The van der Waals surface area contributed by atoms with Crippen LogP contribution in [0.1, 0.15) is 85.5 Å². The van der Waals surface area contributed by atoms with E-state index in [0.717, 1.165) is 6.42 Å². The molecular formula is C20H38Sn. The summed E-state index contributed by atoms with van der Waals surface area (Å²) in [4.78, 5) is 0. The maximum absolute atomic E-state index is 4.50. The van der Waals surface area contributed by atoms with Crippen LogP contribution in [0.15, 0.2) is 10.2 Å². The van der Waals surface area contributed by atoms with Crippen LogP contribution in [0, 0.1) is 11.8 Å². The first-order chi connectivity index (χ1) is 10.2. The molecule has 0 unspecified atom stereocenters. The van der Waals surface area contributed by atoms with Gasteiger partial charge < -0.3 is 0 Å². The number of unbranched alkanes of at least 4 members (excludes halogenated alkanes) is 5. The molecule has 0 saturated heterocycles. The predicted molar refractivity (Wildman–Crippen MR) is 101 cm³/mol. The number of rotatable bonds is 12. The number of hydrogen-bond donors (Lipinski definition) is 0. The normalized spacial score (nSPS) is 11.0. The standard InChI is InChI=1S/C8H11.3C4H9.Sn/c1-3-5-7-8-6-4-2;3*1-3-4-2;/h1,4,6,8H2,2H3;3*1,3-4H2,2H3;. The van der Waals surface area contributed by atoms with Gasteiger partial charge in [-0.3, -0.25) is 0 Å². The minimum atomic E-state index is -2.25. The van der Waals surface area contributed by atoms with Gasteiger partial charge in [-0.1, -0.05) is 0 Å². The first-order valence-electron chi connectivity index (χ1n) is 9.35. The second-order valence-electron chi connectivity index (χ2n) is 6.47. The zero-order valence-electron chi connectivity index (χ0n) is 15.2. The molecule has 0 aliphatic heterocycles. The van der Waals surface area contributed by atoms with E-state index >= 15 is 0 Å². The predicted octanol–water partition coefficient (Wildman–Crippen LogP) is 7.12. The van der Waals surface area contributed by atoms with Crippen LogP contribution in [0.5, 0.6) is 0 Å². The van der Waals surface area contributed by atoms with E-state index in [0.29, 0.717) is 0 Å². The van der Waals surface area contributed by atoms with Crippen molar-refractivity contribution in [2.24, 2.45) is 0 Å². The fraction of sp³-hybridized carbons (Fsp3) is 0.800. The number of hydrogen-bond acceptors (Lipinski definition) is 0. The first kappa shape index (κ1) is 21.1. The third kappa shape index (κ3) is 8.97. The van der Waals surface area contributed by atoms with Gasteiger partial charge in [0.1, 0.15) is 0 Å². The molecule has 0 aliphatic carbocycles. The average Bonchev–Trinajstić information content (AvgIpc) is 2.51. The topological polar surface area (TPSA) is 0 Å². The van der Waals surface area contributed by atoms with Crippen molar-refractivity contribution in [3.8, 4) is 11.8 Å². The van der Waals surface area contributed by atoms with Crippen molar-refractivity contribution < 1.29 is 0 Å². The maximum atomic E-state index is 4.50. The molecule has 0 aromatic rings. The summed E-state index contributed by atoms with van der Waals surface area (Å²) in [6.45, 7) is 13.7. The molecule has 0 aliphatic rings. The van der Waals surface area contributed by atoms with Crippen molar-refractivity contribution in [2.75, 3.05) is 0 Å². The third-order valence-corrected chi connectivity index (χ3v) is 19.8. The molecule has 0 amide bonds. The molecule has 0 aromatic heterocycles. The Balaban J connectivity index is 4.97. The van der Waals surface area contributed by atoms with E-state index in [4.69, 9.17) is 0 Å². The molecule has 0 fully saturated rings. The van der Waals surface area contributed by atoms with Crippen molar-refractivity contribution in [3.05, 3.63) is 10.2 Å². The van der Waals surface area contributed by atoms with Gasteiger partial charge in [-0.05, 0) is 0 Å². The molecule has 21 heavy (non-hydrogen) atoms. The fourth-order valence-electron chi connectivity index (χ4n) is 2.94. The second kappa shape index (κ2) is 13.7. The molecule has 0 nitrogen and oxygen atoms in total. The van der Waals surface area contributed by atoms with E-state index < -0.39 is 18.4 Å². The Bertz CT molecular complexity index is 297. The third-order valence-electron chi connectivity index (χ3n) is 4.56. The van der Waals surface area contributed by atoms with Crippen LogP contribution in [0.25, 0.3) is 0 Å². The van der Waals surface area contributed by atoms with Gasteiger partial charge in [0.15, 0.2) is 0 Å². The van der Waals surface area contributed by atoms with Crippen molar-refractivity contribution in [3.63, 3.8) is 0 Å². The molecule has 122 valence electrons. The quantitative estimate of drug-likeness (QED) is 0.187. The van der Waals surface area contributed by atoms with Crippen LogP contribution in [-0.2, 0) is 0 Å². The molecular weight excluding hydrogens is 359 g/mol. The van der Waals surface area contributed by atoms with Crippen LogP contribution >= 0.6 is 0 Å². The van der Waals surface area contributed by atoms with Crippen molar-refractivity contribution in [2.45, 2.75) is 98.8 Å². The van der Waals surface area contributed by atoms with E-state index in [1.807, 2.05) is 0 Å². The zero-order valence-corrected chi connectivity index (χ0v) is 18.0. The van der Waals surface area contributed by atoms with Crippen LogP contribution in [-0.4, -0.2) is 18.4 Å². The first-order valence-corrected chi connectivity index (χ1v) is 16.8. The van der Waals surface area contributed by atoms with E-state index in [1.54, 1.807) is 0 Å². The van der Waals surface area contributed by atoms with Crippen molar-refractivity contribution >= 4 is 18.4 Å². The van der Waals surface area contributed by atoms with Crippen LogP contribution < -0.4 is 0 Å². The SMILES string of the molecule is C=[C](C#CCCCC)[Sn]([CH2]CCC)([CH2]CCC)[CH2]CCC. The van der Waals surface area contributed by atoms with Crippen LogP contribution in [0.2, 0.25) is 13.3 Å². The van der Waals surface area contributed by atoms with Crippen LogP contribution in [0.4, 0.5) is 0 Å². The summed E-state index contributed by atoms with van der Waals surface area (Å²) in [6, 6.07) is 0. The summed E-state index contributed by atoms with van der Waals surface area (Å²) in [5.74, 6) is 6.96. The average molecular weight is 397 g/mol. The summed E-state index contributed by atoms with van der Waals surface area (Å²) in [7, 11) is 0. The minimum absolute atomic E-state index is 1.06. The zero-order chi connectivity index (χ0) is 16.0. The Morgan fingerprint density at radius 2 is 1.19 bits per heavy atom. The Kier molecular flexibility index (Phi) is 13.8. The Morgan fingerprint density at radius 1 is 0.762 bits per heavy atom. The van der Waals surface area contributed by atoms with Crippen molar-refractivity contribution in [1.29, 1.82) is 0 Å². The monoisotopic (exact) mass is 398 g/mol. The van der Waals surface area contributed by atoms with E-state index in [2.05, 4.69) is 46.1 Å². The Hall–Kier alpha value is 0.0987. The van der Waals surface area contributed by atoms with Gasteiger partial charge in [0.05, 0.1) is 0 Å². The molecule has 0 atom stereocenters. The van der Waals surface area contributed by atoms with Gasteiger partial charge in [-0.25, -0.2) is 0 Å². The van der Waals surface area contributed by atoms with Crippen LogP contribution in [0.3, 0.4) is 0 Å². The summed E-state index contributed by atoms with van der Waals surface area (Å²) in [5.41, 5.74) is 0. The van der Waals surface area contributed by atoms with Gasteiger partial charge in [-0.2, -0.15) is 0 Å². The molecule has 0 heterocycles. The fourth-order valence-corrected chi connectivity index (χ4v) is 17.5. The molecule has 1 heteroatoms. The Labute approximate surface area is 139 Å². The molecule has 0 radical (unpaired) electrons. The molecule has 0 rings (SSSR count). The number of allylic oxidation sites excluding steroid dienone is 1. The molecule has 0 aromatic carbocycles. The molecule has 0 spiro atoms. The molecule has 0 N–H and O–H groups in total.